The van der Waals surface area contributed by atoms with E-state index >= 15 is 0 Å². The molecule has 0 saturated carbocycles. The van der Waals surface area contributed by atoms with E-state index < -0.39 is 0 Å². The number of halogens is 2. The van der Waals surface area contributed by atoms with Crippen molar-refractivity contribution in [3.05, 3.63) is 44.3 Å². The number of nitrogen functional groups attached to an aromatic ring is 1. The highest BCUT2D eigenvalue weighted by Gasteiger charge is 2.21. The third-order valence-electron chi connectivity index (χ3n) is 3.47. The zero-order valence-corrected chi connectivity index (χ0v) is 12.7. The van der Waals surface area contributed by atoms with E-state index in [1.165, 1.54) is 22.9 Å². The van der Waals surface area contributed by atoms with Crippen molar-refractivity contribution in [3.63, 3.8) is 0 Å². The Labute approximate surface area is 124 Å². The number of anilines is 2. The predicted octanol–water partition coefficient (Wildman–Crippen LogP) is 4.72. The zero-order chi connectivity index (χ0) is 13.4. The first-order valence-electron chi connectivity index (χ1n) is 6.22. The maximum Gasteiger partial charge on any atom is 0.139 e. The first-order chi connectivity index (χ1) is 9.15. The molecule has 3 N–H and O–H groups in total. The Hall–Kier alpha value is -1.07. The molecule has 1 aliphatic rings. The molecule has 0 bridgehead atoms. The molecular formula is C14H14BrFN2S. The molecule has 0 spiro atoms. The van der Waals surface area contributed by atoms with Crippen LogP contribution in [0.3, 0.4) is 0 Å². The topological polar surface area (TPSA) is 38.0 Å². The normalized spacial score (nSPS) is 18.1. The Morgan fingerprint density at radius 2 is 2.26 bits per heavy atom. The monoisotopic (exact) mass is 340 g/mol. The van der Waals surface area contributed by atoms with Gasteiger partial charge in [0.25, 0.3) is 0 Å². The van der Waals surface area contributed by atoms with Crippen LogP contribution in [-0.2, 0) is 6.42 Å². The number of hydrogen-bond donors (Lipinski definition) is 2. The smallest absolute Gasteiger partial charge is 0.139 e. The lowest BCUT2D eigenvalue weighted by molar-refractivity contribution is 0.607. The van der Waals surface area contributed by atoms with E-state index in [0.29, 0.717) is 10.2 Å². The largest absolute Gasteiger partial charge is 0.397 e. The molecule has 5 heteroatoms. The molecule has 3 rings (SSSR count). The van der Waals surface area contributed by atoms with Crippen LogP contribution in [0, 0.1) is 5.82 Å². The third-order valence-corrected chi connectivity index (χ3v) is 5.08. The maximum atomic E-state index is 13.4. The minimum absolute atomic E-state index is 0.273. The van der Waals surface area contributed by atoms with Crippen molar-refractivity contribution >= 4 is 38.6 Å². The number of nitrogens with one attached hydrogen (secondary N) is 1. The van der Waals surface area contributed by atoms with E-state index in [1.807, 2.05) is 11.3 Å². The van der Waals surface area contributed by atoms with Crippen LogP contribution in [0.4, 0.5) is 15.8 Å². The Morgan fingerprint density at radius 3 is 3.11 bits per heavy atom. The summed E-state index contributed by atoms with van der Waals surface area (Å²) in [6, 6.07) is 5.51. The van der Waals surface area contributed by atoms with Crippen molar-refractivity contribution in [2.45, 2.75) is 25.3 Å². The summed E-state index contributed by atoms with van der Waals surface area (Å²) in [5, 5.41) is 5.58. The number of thiophene rings is 1. The van der Waals surface area contributed by atoms with Crippen LogP contribution >= 0.6 is 27.3 Å². The van der Waals surface area contributed by atoms with E-state index in [4.69, 9.17) is 5.73 Å². The van der Waals surface area contributed by atoms with Crippen molar-refractivity contribution in [1.82, 2.24) is 0 Å². The standard InChI is InChI=1S/C14H14BrFN2S/c15-9-6-13(11(17)7-10(9)16)18-12-2-1-3-14-8(12)4-5-19-14/h4-7,12,18H,1-3,17H2. The maximum absolute atomic E-state index is 13.4. The van der Waals surface area contributed by atoms with Gasteiger partial charge in [0, 0.05) is 10.9 Å². The average molecular weight is 341 g/mol. The summed E-state index contributed by atoms with van der Waals surface area (Å²) >= 11 is 5.01. The van der Waals surface area contributed by atoms with Crippen molar-refractivity contribution < 1.29 is 4.39 Å². The zero-order valence-electron chi connectivity index (χ0n) is 10.2. The van der Waals surface area contributed by atoms with E-state index in [-0.39, 0.29) is 11.9 Å². The highest BCUT2D eigenvalue weighted by molar-refractivity contribution is 9.10. The van der Waals surface area contributed by atoms with Gasteiger partial charge in [-0.2, -0.15) is 0 Å². The van der Waals surface area contributed by atoms with Crippen molar-refractivity contribution in [2.24, 2.45) is 0 Å². The van der Waals surface area contributed by atoms with E-state index in [0.717, 1.165) is 18.5 Å². The predicted molar refractivity (Wildman–Crippen MR) is 82.1 cm³/mol. The summed E-state index contributed by atoms with van der Waals surface area (Å²) in [7, 11) is 0. The molecule has 0 fully saturated rings. The number of nitrogens with two attached hydrogens (primary N) is 1. The number of aryl methyl sites for hydroxylation is 1. The summed E-state index contributed by atoms with van der Waals surface area (Å²) in [5.74, 6) is -0.331. The summed E-state index contributed by atoms with van der Waals surface area (Å²) in [4.78, 5) is 1.45. The Kier molecular flexibility index (Phi) is 3.50. The highest BCUT2D eigenvalue weighted by atomic mass is 79.9. The van der Waals surface area contributed by atoms with Crippen LogP contribution in [0.25, 0.3) is 0 Å². The number of hydrogen-bond acceptors (Lipinski definition) is 3. The molecule has 1 unspecified atom stereocenters. The van der Waals surface area contributed by atoms with E-state index in [2.05, 4.69) is 32.7 Å². The van der Waals surface area contributed by atoms with Gasteiger partial charge in [0.05, 0.1) is 21.9 Å². The van der Waals surface area contributed by atoms with Crippen molar-refractivity contribution in [3.8, 4) is 0 Å². The van der Waals surface area contributed by atoms with Gasteiger partial charge >= 0.3 is 0 Å². The second-order valence-electron chi connectivity index (χ2n) is 4.74. The molecule has 0 saturated heterocycles. The van der Waals surface area contributed by atoms with Crippen molar-refractivity contribution in [2.75, 3.05) is 11.1 Å². The Bertz CT molecular complexity index is 611. The van der Waals surface area contributed by atoms with Gasteiger partial charge in [0.2, 0.25) is 0 Å². The fraction of sp³-hybridized carbons (Fsp3) is 0.286. The van der Waals surface area contributed by atoms with Gasteiger partial charge in [-0.25, -0.2) is 4.39 Å². The average Bonchev–Trinajstić information content (AvgIpc) is 2.85. The lowest BCUT2D eigenvalue weighted by Crippen LogP contribution is -2.16. The molecule has 1 heterocycles. The molecule has 100 valence electrons. The number of benzene rings is 1. The van der Waals surface area contributed by atoms with E-state index in [9.17, 15) is 4.39 Å². The molecule has 1 aliphatic carbocycles. The number of rotatable bonds is 2. The van der Waals surface area contributed by atoms with Gasteiger partial charge in [-0.05, 0) is 58.3 Å². The molecule has 0 aliphatic heterocycles. The molecular weight excluding hydrogens is 327 g/mol. The fourth-order valence-corrected chi connectivity index (χ4v) is 3.84. The van der Waals surface area contributed by atoms with Crippen LogP contribution in [0.5, 0.6) is 0 Å². The second-order valence-corrected chi connectivity index (χ2v) is 6.60. The fourth-order valence-electron chi connectivity index (χ4n) is 2.51. The van der Waals surface area contributed by atoms with Crippen LogP contribution < -0.4 is 11.1 Å². The number of fused-ring (bicyclic) bond motifs is 1. The highest BCUT2D eigenvalue weighted by Crippen LogP contribution is 2.37. The van der Waals surface area contributed by atoms with Crippen molar-refractivity contribution in [1.29, 1.82) is 0 Å². The van der Waals surface area contributed by atoms with Gasteiger partial charge in [-0.3, -0.25) is 0 Å². The van der Waals surface area contributed by atoms with Crippen LogP contribution in [0.1, 0.15) is 29.3 Å². The minimum Gasteiger partial charge on any atom is -0.397 e. The molecule has 19 heavy (non-hydrogen) atoms. The van der Waals surface area contributed by atoms with Gasteiger partial charge in [-0.1, -0.05) is 0 Å². The van der Waals surface area contributed by atoms with Crippen LogP contribution in [0.15, 0.2) is 28.1 Å². The first kappa shape index (κ1) is 12.9. The summed E-state index contributed by atoms with van der Waals surface area (Å²) < 4.78 is 13.8. The lowest BCUT2D eigenvalue weighted by atomic mass is 9.94. The van der Waals surface area contributed by atoms with Gasteiger partial charge in [0.1, 0.15) is 5.82 Å². The summed E-state index contributed by atoms with van der Waals surface area (Å²) in [5.41, 5.74) is 8.48. The summed E-state index contributed by atoms with van der Waals surface area (Å²) in [6.45, 7) is 0. The lowest BCUT2D eigenvalue weighted by Gasteiger charge is -2.25. The Morgan fingerprint density at radius 1 is 1.42 bits per heavy atom. The molecule has 1 aromatic heterocycles. The van der Waals surface area contributed by atoms with E-state index in [1.54, 1.807) is 6.07 Å². The molecule has 1 atom stereocenters. The molecule has 2 nitrogen and oxygen atoms in total. The van der Waals surface area contributed by atoms with Crippen LogP contribution in [0.2, 0.25) is 0 Å². The van der Waals surface area contributed by atoms with Gasteiger partial charge in [0.15, 0.2) is 0 Å². The Balaban J connectivity index is 1.89. The summed E-state index contributed by atoms with van der Waals surface area (Å²) in [6.07, 6.45) is 3.42. The molecule has 0 amide bonds. The first-order valence-corrected chi connectivity index (χ1v) is 7.89. The third kappa shape index (κ3) is 2.49. The second kappa shape index (κ2) is 5.13. The van der Waals surface area contributed by atoms with Gasteiger partial charge < -0.3 is 11.1 Å². The van der Waals surface area contributed by atoms with Crippen LogP contribution in [-0.4, -0.2) is 0 Å². The molecule has 1 aromatic carbocycles. The minimum atomic E-state index is -0.331. The molecule has 0 radical (unpaired) electrons. The SMILES string of the molecule is Nc1cc(F)c(Br)cc1NC1CCCc2sccc21. The quantitative estimate of drug-likeness (QED) is 0.776. The molecule has 2 aromatic rings. The van der Waals surface area contributed by atoms with Gasteiger partial charge in [-0.15, -0.1) is 11.3 Å².